The van der Waals surface area contributed by atoms with Gasteiger partial charge in [0.05, 0.1) is 0 Å². The lowest BCUT2D eigenvalue weighted by Crippen LogP contribution is -2.42. The molecule has 1 amide bonds. The van der Waals surface area contributed by atoms with Crippen LogP contribution in [0.3, 0.4) is 0 Å². The van der Waals surface area contributed by atoms with Gasteiger partial charge in [0.2, 0.25) is 0 Å². The normalized spacial score (nSPS) is 24.4. The molecule has 1 fully saturated rings. The summed E-state index contributed by atoms with van der Waals surface area (Å²) in [5.41, 5.74) is 2.80. The maximum Gasteiger partial charge on any atom is 0.326 e. The SMILES string of the molecule is CC1CCN(C(=O)c2ccc3c(c2)CCN3)C1C(=O)O. The van der Waals surface area contributed by atoms with E-state index in [1.807, 2.05) is 19.1 Å². The maximum absolute atomic E-state index is 12.5. The van der Waals surface area contributed by atoms with Crippen LogP contribution in [0.2, 0.25) is 0 Å². The maximum atomic E-state index is 12.5. The van der Waals surface area contributed by atoms with E-state index in [4.69, 9.17) is 0 Å². The second-order valence-corrected chi connectivity index (χ2v) is 5.60. The molecule has 20 heavy (non-hydrogen) atoms. The van der Waals surface area contributed by atoms with Gasteiger partial charge in [-0.2, -0.15) is 0 Å². The average molecular weight is 274 g/mol. The van der Waals surface area contributed by atoms with Gasteiger partial charge in [-0.1, -0.05) is 6.92 Å². The predicted molar refractivity (Wildman–Crippen MR) is 74.9 cm³/mol. The molecule has 1 aromatic rings. The molecule has 2 aliphatic rings. The molecule has 0 radical (unpaired) electrons. The van der Waals surface area contributed by atoms with Gasteiger partial charge in [0.25, 0.3) is 5.91 Å². The van der Waals surface area contributed by atoms with Crippen LogP contribution in [0.5, 0.6) is 0 Å². The highest BCUT2D eigenvalue weighted by Crippen LogP contribution is 2.28. The van der Waals surface area contributed by atoms with E-state index >= 15 is 0 Å². The Balaban J connectivity index is 1.87. The molecule has 1 saturated heterocycles. The summed E-state index contributed by atoms with van der Waals surface area (Å²) >= 11 is 0. The lowest BCUT2D eigenvalue weighted by atomic mass is 10.0. The molecular formula is C15H18N2O3. The Kier molecular flexibility index (Phi) is 3.12. The van der Waals surface area contributed by atoms with Crippen LogP contribution < -0.4 is 5.32 Å². The summed E-state index contributed by atoms with van der Waals surface area (Å²) in [5.74, 6) is -1.07. The number of nitrogens with one attached hydrogen (secondary N) is 1. The molecule has 0 aromatic heterocycles. The van der Waals surface area contributed by atoms with Gasteiger partial charge in [-0.15, -0.1) is 0 Å². The van der Waals surface area contributed by atoms with Gasteiger partial charge >= 0.3 is 5.97 Å². The molecular weight excluding hydrogens is 256 g/mol. The molecule has 2 atom stereocenters. The summed E-state index contributed by atoms with van der Waals surface area (Å²) in [5, 5.41) is 12.6. The number of anilines is 1. The smallest absolute Gasteiger partial charge is 0.326 e. The van der Waals surface area contributed by atoms with Gasteiger partial charge < -0.3 is 15.3 Å². The molecule has 0 aliphatic carbocycles. The number of carbonyl (C=O) groups excluding carboxylic acids is 1. The second kappa shape index (κ2) is 4.81. The molecule has 0 spiro atoms. The number of hydrogen-bond donors (Lipinski definition) is 2. The number of likely N-dealkylation sites (tertiary alicyclic amines) is 1. The van der Waals surface area contributed by atoms with Crippen molar-refractivity contribution in [1.82, 2.24) is 4.90 Å². The Morgan fingerprint density at radius 1 is 1.40 bits per heavy atom. The zero-order valence-electron chi connectivity index (χ0n) is 11.4. The van der Waals surface area contributed by atoms with Crippen LogP contribution in [0.25, 0.3) is 0 Å². The van der Waals surface area contributed by atoms with E-state index < -0.39 is 12.0 Å². The third-order valence-corrected chi connectivity index (χ3v) is 4.28. The molecule has 1 aromatic carbocycles. The van der Waals surface area contributed by atoms with Crippen molar-refractivity contribution in [1.29, 1.82) is 0 Å². The number of fused-ring (bicyclic) bond motifs is 1. The van der Waals surface area contributed by atoms with Gasteiger partial charge in [-0.3, -0.25) is 4.79 Å². The number of nitrogens with zero attached hydrogens (tertiary/aromatic N) is 1. The average Bonchev–Trinajstić information content (AvgIpc) is 3.02. The molecule has 5 nitrogen and oxygen atoms in total. The molecule has 2 unspecified atom stereocenters. The van der Waals surface area contributed by atoms with Gasteiger partial charge in [0.1, 0.15) is 6.04 Å². The van der Waals surface area contributed by atoms with Gasteiger partial charge in [0, 0.05) is 24.3 Å². The third-order valence-electron chi connectivity index (χ3n) is 4.28. The zero-order chi connectivity index (χ0) is 14.3. The predicted octanol–water partition coefficient (Wildman–Crippen LogP) is 1.59. The highest BCUT2D eigenvalue weighted by molar-refractivity contribution is 5.97. The van der Waals surface area contributed by atoms with E-state index in [1.54, 1.807) is 6.07 Å². The third kappa shape index (κ3) is 2.03. The molecule has 106 valence electrons. The van der Waals surface area contributed by atoms with Crippen LogP contribution in [-0.2, 0) is 11.2 Å². The zero-order valence-corrected chi connectivity index (χ0v) is 11.4. The van der Waals surface area contributed by atoms with E-state index in [9.17, 15) is 14.7 Å². The monoisotopic (exact) mass is 274 g/mol. The van der Waals surface area contributed by atoms with E-state index in [1.165, 1.54) is 4.90 Å². The first-order chi connectivity index (χ1) is 9.58. The van der Waals surface area contributed by atoms with Gasteiger partial charge in [0.15, 0.2) is 0 Å². The Morgan fingerprint density at radius 2 is 2.20 bits per heavy atom. The van der Waals surface area contributed by atoms with E-state index in [0.717, 1.165) is 30.6 Å². The minimum absolute atomic E-state index is 0.00699. The van der Waals surface area contributed by atoms with Crippen LogP contribution in [-0.4, -0.2) is 41.0 Å². The van der Waals surface area contributed by atoms with Crippen LogP contribution in [0.15, 0.2) is 18.2 Å². The van der Waals surface area contributed by atoms with Gasteiger partial charge in [-0.05, 0) is 42.5 Å². The lowest BCUT2D eigenvalue weighted by molar-refractivity contribution is -0.142. The summed E-state index contributed by atoms with van der Waals surface area (Å²) in [4.78, 5) is 25.4. The number of carbonyl (C=O) groups is 2. The summed E-state index contributed by atoms with van der Waals surface area (Å²) in [7, 11) is 0. The number of hydrogen-bond acceptors (Lipinski definition) is 3. The van der Waals surface area contributed by atoms with Crippen molar-refractivity contribution in [2.45, 2.75) is 25.8 Å². The quantitative estimate of drug-likeness (QED) is 0.859. The highest BCUT2D eigenvalue weighted by Gasteiger charge is 2.39. The molecule has 2 N–H and O–H groups in total. The first kappa shape index (κ1) is 13.0. The van der Waals surface area contributed by atoms with E-state index in [2.05, 4.69) is 5.32 Å². The molecule has 0 saturated carbocycles. The van der Waals surface area contributed by atoms with Crippen molar-refractivity contribution in [3.63, 3.8) is 0 Å². The van der Waals surface area contributed by atoms with Crippen molar-refractivity contribution >= 4 is 17.6 Å². The van der Waals surface area contributed by atoms with Crippen molar-refractivity contribution in [2.24, 2.45) is 5.92 Å². The second-order valence-electron chi connectivity index (χ2n) is 5.60. The minimum atomic E-state index is -0.911. The van der Waals surface area contributed by atoms with Crippen molar-refractivity contribution in [2.75, 3.05) is 18.4 Å². The molecule has 5 heteroatoms. The largest absolute Gasteiger partial charge is 0.480 e. The Hall–Kier alpha value is -2.04. The fourth-order valence-corrected chi connectivity index (χ4v) is 3.16. The first-order valence-electron chi connectivity index (χ1n) is 6.98. The molecule has 2 aliphatic heterocycles. The fourth-order valence-electron chi connectivity index (χ4n) is 3.16. The van der Waals surface area contributed by atoms with E-state index in [-0.39, 0.29) is 11.8 Å². The van der Waals surface area contributed by atoms with Crippen molar-refractivity contribution in [3.05, 3.63) is 29.3 Å². The van der Waals surface area contributed by atoms with Crippen molar-refractivity contribution < 1.29 is 14.7 Å². The number of carboxylic acids is 1. The summed E-state index contributed by atoms with van der Waals surface area (Å²) in [6.07, 6.45) is 1.66. The standard InChI is InChI=1S/C15H18N2O3/c1-9-5-7-17(13(9)15(19)20)14(18)11-2-3-12-10(8-11)4-6-16-12/h2-3,8-9,13,16H,4-7H2,1H3,(H,19,20). The topological polar surface area (TPSA) is 69.6 Å². The Labute approximate surface area is 117 Å². The van der Waals surface area contributed by atoms with Crippen molar-refractivity contribution in [3.8, 4) is 0 Å². The molecule has 3 rings (SSSR count). The number of benzene rings is 1. The van der Waals surface area contributed by atoms with Crippen LogP contribution in [0.1, 0.15) is 29.3 Å². The Morgan fingerprint density at radius 3 is 2.95 bits per heavy atom. The van der Waals surface area contributed by atoms with E-state index in [0.29, 0.717) is 12.1 Å². The van der Waals surface area contributed by atoms with Crippen LogP contribution in [0, 0.1) is 5.92 Å². The summed E-state index contributed by atoms with van der Waals surface area (Å²) < 4.78 is 0. The summed E-state index contributed by atoms with van der Waals surface area (Å²) in [6, 6.07) is 4.88. The number of aliphatic carboxylic acids is 1. The van der Waals surface area contributed by atoms with Gasteiger partial charge in [-0.25, -0.2) is 4.79 Å². The fraction of sp³-hybridized carbons (Fsp3) is 0.467. The number of carboxylic acid groups (broad SMARTS) is 1. The minimum Gasteiger partial charge on any atom is -0.480 e. The highest BCUT2D eigenvalue weighted by atomic mass is 16.4. The Bertz CT molecular complexity index is 570. The van der Waals surface area contributed by atoms with Crippen LogP contribution in [0.4, 0.5) is 5.69 Å². The number of amides is 1. The van der Waals surface area contributed by atoms with Crippen LogP contribution >= 0.6 is 0 Å². The number of rotatable bonds is 2. The first-order valence-corrected chi connectivity index (χ1v) is 6.98. The summed E-state index contributed by atoms with van der Waals surface area (Å²) in [6.45, 7) is 3.30. The lowest BCUT2D eigenvalue weighted by Gasteiger charge is -2.23. The molecule has 2 heterocycles. The molecule has 0 bridgehead atoms.